The van der Waals surface area contributed by atoms with Gasteiger partial charge in [-0.05, 0) is 48.6 Å². The molecule has 1 N–H and O–H groups in total. The Morgan fingerprint density at radius 2 is 2.08 bits per heavy atom. The van der Waals surface area contributed by atoms with E-state index in [2.05, 4.69) is 17.5 Å². The summed E-state index contributed by atoms with van der Waals surface area (Å²) >= 11 is 6.02. The molecule has 5 nitrogen and oxygen atoms in total. The van der Waals surface area contributed by atoms with Crippen LogP contribution in [0.2, 0.25) is 5.02 Å². The van der Waals surface area contributed by atoms with Crippen molar-refractivity contribution in [2.75, 3.05) is 11.9 Å². The Balaban J connectivity index is 1.83. The fourth-order valence-corrected chi connectivity index (χ4v) is 4.17. The molecule has 4 rings (SSSR count). The maximum atomic E-state index is 11.7. The third-order valence-corrected chi connectivity index (χ3v) is 5.41. The number of rotatable bonds is 4. The zero-order chi connectivity index (χ0) is 18.3. The minimum atomic E-state index is -0.341. The molecule has 0 saturated heterocycles. The minimum Gasteiger partial charge on any atom is -0.494 e. The SMILES string of the molecule is CCOc1cc2c(c([N+](=O)[O-])c1)N[C@@H](c1ccc(Cl)cc1)[C@@H]1CC=C[C@H]21. The number of fused-ring (bicyclic) bond motifs is 3. The van der Waals surface area contributed by atoms with Gasteiger partial charge in [0.05, 0.1) is 23.6 Å². The van der Waals surface area contributed by atoms with E-state index < -0.39 is 0 Å². The van der Waals surface area contributed by atoms with Gasteiger partial charge in [-0.15, -0.1) is 0 Å². The summed E-state index contributed by atoms with van der Waals surface area (Å²) in [6.07, 6.45) is 5.25. The lowest BCUT2D eigenvalue weighted by Gasteiger charge is -2.37. The Bertz CT molecular complexity index is 879. The number of nitro groups is 1. The predicted octanol–water partition coefficient (Wildman–Crippen LogP) is 5.47. The summed E-state index contributed by atoms with van der Waals surface area (Å²) in [6, 6.07) is 11.1. The average Bonchev–Trinajstić information content (AvgIpc) is 3.11. The summed E-state index contributed by atoms with van der Waals surface area (Å²) in [5, 5.41) is 15.8. The number of ether oxygens (including phenoxy) is 1. The van der Waals surface area contributed by atoms with Crippen LogP contribution >= 0.6 is 11.6 Å². The van der Waals surface area contributed by atoms with Crippen LogP contribution in [0.25, 0.3) is 0 Å². The largest absolute Gasteiger partial charge is 0.494 e. The molecule has 0 radical (unpaired) electrons. The summed E-state index contributed by atoms with van der Waals surface area (Å²) < 4.78 is 5.56. The second kappa shape index (κ2) is 6.65. The number of nitrogens with one attached hydrogen (secondary N) is 1. The van der Waals surface area contributed by atoms with Gasteiger partial charge in [-0.1, -0.05) is 35.9 Å². The molecule has 1 aliphatic heterocycles. The molecule has 0 aromatic heterocycles. The van der Waals surface area contributed by atoms with Gasteiger partial charge in [0.25, 0.3) is 5.69 Å². The number of halogens is 1. The molecular formula is C20H19ClN2O3. The Labute approximate surface area is 156 Å². The number of nitrogens with zero attached hydrogens (tertiary/aromatic N) is 1. The molecule has 6 heteroatoms. The van der Waals surface area contributed by atoms with Crippen LogP contribution in [-0.2, 0) is 0 Å². The lowest BCUT2D eigenvalue weighted by molar-refractivity contribution is -0.384. The number of hydrogen-bond acceptors (Lipinski definition) is 4. The van der Waals surface area contributed by atoms with Crippen LogP contribution < -0.4 is 10.1 Å². The molecule has 2 aromatic carbocycles. The van der Waals surface area contributed by atoms with Gasteiger partial charge in [0.2, 0.25) is 0 Å². The summed E-state index contributed by atoms with van der Waals surface area (Å²) in [5.74, 6) is 0.981. The van der Waals surface area contributed by atoms with Crippen LogP contribution in [0, 0.1) is 16.0 Å². The molecule has 0 bridgehead atoms. The van der Waals surface area contributed by atoms with Crippen molar-refractivity contribution >= 4 is 23.0 Å². The number of anilines is 1. The smallest absolute Gasteiger partial charge is 0.296 e. The van der Waals surface area contributed by atoms with Gasteiger partial charge in [-0.3, -0.25) is 10.1 Å². The van der Waals surface area contributed by atoms with Crippen LogP contribution in [0.15, 0.2) is 48.6 Å². The van der Waals surface area contributed by atoms with Gasteiger partial charge in [0.1, 0.15) is 11.4 Å². The molecule has 0 spiro atoms. The zero-order valence-electron chi connectivity index (χ0n) is 14.3. The topological polar surface area (TPSA) is 64.4 Å². The number of allylic oxidation sites excluding steroid dienone is 2. The first-order valence-electron chi connectivity index (χ1n) is 8.72. The number of nitro benzene ring substituents is 1. The lowest BCUT2D eigenvalue weighted by Crippen LogP contribution is -2.29. The first kappa shape index (κ1) is 16.9. The highest BCUT2D eigenvalue weighted by Crippen LogP contribution is 2.53. The summed E-state index contributed by atoms with van der Waals surface area (Å²) in [5.41, 5.74) is 2.67. The second-order valence-electron chi connectivity index (χ2n) is 6.62. The fraction of sp³-hybridized carbons (Fsp3) is 0.300. The van der Waals surface area contributed by atoms with Crippen LogP contribution in [-0.4, -0.2) is 11.5 Å². The highest BCUT2D eigenvalue weighted by Gasteiger charge is 2.41. The van der Waals surface area contributed by atoms with E-state index in [-0.39, 0.29) is 22.6 Å². The molecule has 2 aromatic rings. The molecular weight excluding hydrogens is 352 g/mol. The average molecular weight is 371 g/mol. The van der Waals surface area contributed by atoms with Crippen molar-refractivity contribution in [1.82, 2.24) is 0 Å². The van der Waals surface area contributed by atoms with E-state index in [0.29, 0.717) is 29.0 Å². The summed E-state index contributed by atoms with van der Waals surface area (Å²) in [4.78, 5) is 11.3. The van der Waals surface area contributed by atoms with Crippen molar-refractivity contribution < 1.29 is 9.66 Å². The Morgan fingerprint density at radius 1 is 1.31 bits per heavy atom. The van der Waals surface area contributed by atoms with E-state index in [9.17, 15) is 10.1 Å². The number of hydrogen-bond donors (Lipinski definition) is 1. The third kappa shape index (κ3) is 2.82. The Hall–Kier alpha value is -2.53. The van der Waals surface area contributed by atoms with E-state index in [0.717, 1.165) is 17.5 Å². The van der Waals surface area contributed by atoms with Crippen molar-refractivity contribution in [2.24, 2.45) is 5.92 Å². The monoisotopic (exact) mass is 370 g/mol. The molecule has 0 amide bonds. The maximum absolute atomic E-state index is 11.7. The standard InChI is InChI=1S/C20H19ClN2O3/c1-2-26-14-10-17-15-4-3-5-16(15)19(12-6-8-13(21)9-7-12)22-20(17)18(11-14)23(24)25/h3-4,6-11,15-16,19,22H,2,5H2,1H3/t15-,16+,19-/m0/s1. The van der Waals surface area contributed by atoms with Gasteiger partial charge >= 0.3 is 0 Å². The van der Waals surface area contributed by atoms with E-state index in [1.807, 2.05) is 37.3 Å². The van der Waals surface area contributed by atoms with Crippen LogP contribution in [0.5, 0.6) is 5.75 Å². The quantitative estimate of drug-likeness (QED) is 0.440. The van der Waals surface area contributed by atoms with Crippen LogP contribution in [0.3, 0.4) is 0 Å². The van der Waals surface area contributed by atoms with E-state index in [1.165, 1.54) is 6.07 Å². The predicted molar refractivity (Wildman–Crippen MR) is 102 cm³/mol. The minimum absolute atomic E-state index is 0.00332. The first-order chi connectivity index (χ1) is 12.6. The Kier molecular flexibility index (Phi) is 4.32. The van der Waals surface area contributed by atoms with E-state index in [4.69, 9.17) is 16.3 Å². The molecule has 0 unspecified atom stereocenters. The van der Waals surface area contributed by atoms with E-state index >= 15 is 0 Å². The molecule has 0 saturated carbocycles. The maximum Gasteiger partial charge on any atom is 0.296 e. The van der Waals surface area contributed by atoms with Crippen molar-refractivity contribution in [3.05, 3.63) is 74.8 Å². The Morgan fingerprint density at radius 3 is 2.77 bits per heavy atom. The third-order valence-electron chi connectivity index (χ3n) is 5.16. The highest BCUT2D eigenvalue weighted by atomic mass is 35.5. The normalized spacial score (nSPS) is 23.1. The van der Waals surface area contributed by atoms with Gasteiger partial charge in [0, 0.05) is 10.9 Å². The van der Waals surface area contributed by atoms with Gasteiger partial charge in [-0.25, -0.2) is 0 Å². The van der Waals surface area contributed by atoms with Gasteiger partial charge in [0.15, 0.2) is 0 Å². The van der Waals surface area contributed by atoms with Crippen molar-refractivity contribution in [1.29, 1.82) is 0 Å². The van der Waals surface area contributed by atoms with E-state index in [1.54, 1.807) is 0 Å². The van der Waals surface area contributed by atoms with Crippen LogP contribution in [0.4, 0.5) is 11.4 Å². The summed E-state index contributed by atoms with van der Waals surface area (Å²) in [7, 11) is 0. The highest BCUT2D eigenvalue weighted by molar-refractivity contribution is 6.30. The fourth-order valence-electron chi connectivity index (χ4n) is 4.05. The second-order valence-corrected chi connectivity index (χ2v) is 7.06. The molecule has 26 heavy (non-hydrogen) atoms. The van der Waals surface area contributed by atoms with Crippen molar-refractivity contribution in [3.8, 4) is 5.75 Å². The molecule has 1 aliphatic carbocycles. The molecule has 3 atom stereocenters. The van der Waals surface area contributed by atoms with Gasteiger partial charge < -0.3 is 10.1 Å². The number of benzene rings is 2. The lowest BCUT2D eigenvalue weighted by atomic mass is 9.76. The van der Waals surface area contributed by atoms with Crippen molar-refractivity contribution in [2.45, 2.75) is 25.3 Å². The van der Waals surface area contributed by atoms with Crippen LogP contribution in [0.1, 0.15) is 36.4 Å². The molecule has 1 heterocycles. The van der Waals surface area contributed by atoms with Crippen molar-refractivity contribution in [3.63, 3.8) is 0 Å². The zero-order valence-corrected chi connectivity index (χ0v) is 15.1. The summed E-state index contributed by atoms with van der Waals surface area (Å²) in [6.45, 7) is 2.35. The molecule has 2 aliphatic rings. The first-order valence-corrected chi connectivity index (χ1v) is 9.10. The van der Waals surface area contributed by atoms with Gasteiger partial charge in [-0.2, -0.15) is 0 Å². The molecule has 134 valence electrons. The molecule has 0 fully saturated rings.